The number of nitrogens with one attached hydrogen (secondary N) is 1. The van der Waals surface area contributed by atoms with Crippen LogP contribution in [0.25, 0.3) is 0 Å². The zero-order valence-electron chi connectivity index (χ0n) is 17.1. The Hall–Kier alpha value is -2.54. The molecule has 0 atom stereocenters. The maximum atomic E-state index is 12.5. The van der Waals surface area contributed by atoms with Gasteiger partial charge >= 0.3 is 0 Å². The van der Waals surface area contributed by atoms with Crippen molar-refractivity contribution in [1.29, 1.82) is 0 Å². The number of nitrogens with zero attached hydrogens (tertiary/aromatic N) is 1. The van der Waals surface area contributed by atoms with E-state index < -0.39 is 15.1 Å². The average Bonchev–Trinajstić information content (AvgIpc) is 2.74. The van der Waals surface area contributed by atoms with Gasteiger partial charge in [0, 0.05) is 30.4 Å². The summed E-state index contributed by atoms with van der Waals surface area (Å²) in [6.45, 7) is 5.02. The molecule has 156 valence electrons. The lowest BCUT2D eigenvalue weighted by molar-refractivity contribution is 0.0931. The first-order valence-electron chi connectivity index (χ1n) is 9.85. The van der Waals surface area contributed by atoms with Gasteiger partial charge in [-0.2, -0.15) is 0 Å². The summed E-state index contributed by atoms with van der Waals surface area (Å²) >= 11 is 0. The summed E-state index contributed by atoms with van der Waals surface area (Å²) in [5.41, 5.74) is 1.63. The second kappa shape index (κ2) is 8.86. The Labute approximate surface area is 172 Å². The molecule has 0 aliphatic carbocycles. The first-order chi connectivity index (χ1) is 13.8. The van der Waals surface area contributed by atoms with Gasteiger partial charge in [-0.3, -0.25) is 4.79 Å². The molecule has 0 spiro atoms. The monoisotopic (exact) mass is 416 g/mol. The van der Waals surface area contributed by atoms with Gasteiger partial charge in [0.25, 0.3) is 5.91 Å². The molecular formula is C22H28N2O4S. The molecule has 2 aromatic rings. The number of rotatable bonds is 6. The number of sulfone groups is 1. The predicted octanol–water partition coefficient (Wildman–Crippen LogP) is 3.28. The topological polar surface area (TPSA) is 75.7 Å². The van der Waals surface area contributed by atoms with E-state index in [4.69, 9.17) is 4.74 Å². The standard InChI is InChI=1S/C22H28N2O4S/c1-16(2)29(26,27)21-10-4-17(5-11-21)22(25)23-18-12-14-24(15-13-18)19-6-8-20(28-3)9-7-19/h4-11,16,18H,12-15H2,1-3H3,(H,23,25). The molecule has 29 heavy (non-hydrogen) atoms. The Bertz CT molecular complexity index is 930. The van der Waals surface area contributed by atoms with Crippen LogP contribution in [0.4, 0.5) is 5.69 Å². The maximum absolute atomic E-state index is 12.5. The second-order valence-electron chi connectivity index (χ2n) is 7.55. The van der Waals surface area contributed by atoms with Crippen molar-refractivity contribution in [2.75, 3.05) is 25.1 Å². The van der Waals surface area contributed by atoms with Gasteiger partial charge < -0.3 is 15.0 Å². The van der Waals surface area contributed by atoms with Gasteiger partial charge in [-0.15, -0.1) is 0 Å². The SMILES string of the molecule is COc1ccc(N2CCC(NC(=O)c3ccc(S(=O)(=O)C(C)C)cc3)CC2)cc1. The van der Waals surface area contributed by atoms with Gasteiger partial charge in [-0.05, 0) is 75.2 Å². The van der Waals surface area contributed by atoms with Crippen molar-refractivity contribution < 1.29 is 17.9 Å². The van der Waals surface area contributed by atoms with Crippen LogP contribution in [0.1, 0.15) is 37.0 Å². The van der Waals surface area contributed by atoms with Gasteiger partial charge in [0.05, 0.1) is 17.3 Å². The van der Waals surface area contributed by atoms with Crippen LogP contribution in [-0.4, -0.2) is 45.8 Å². The number of carbonyl (C=O) groups is 1. The van der Waals surface area contributed by atoms with E-state index in [1.807, 2.05) is 24.3 Å². The molecule has 0 aromatic heterocycles. The number of methoxy groups -OCH3 is 1. The maximum Gasteiger partial charge on any atom is 0.251 e. The number of piperidine rings is 1. The molecule has 1 heterocycles. The molecule has 0 bridgehead atoms. The third-order valence-corrected chi connectivity index (χ3v) is 7.50. The fourth-order valence-corrected chi connectivity index (χ4v) is 4.47. The van der Waals surface area contributed by atoms with E-state index in [1.54, 1.807) is 33.1 Å². The molecule has 1 saturated heterocycles. The van der Waals surface area contributed by atoms with E-state index >= 15 is 0 Å². The summed E-state index contributed by atoms with van der Waals surface area (Å²) in [6, 6.07) is 14.3. The summed E-state index contributed by atoms with van der Waals surface area (Å²) in [6.07, 6.45) is 1.72. The van der Waals surface area contributed by atoms with E-state index in [2.05, 4.69) is 10.2 Å². The Kier molecular flexibility index (Phi) is 6.47. The molecule has 6 nitrogen and oxygen atoms in total. The van der Waals surface area contributed by atoms with Gasteiger partial charge in [0.2, 0.25) is 0 Å². The molecule has 1 aliphatic heterocycles. The van der Waals surface area contributed by atoms with E-state index in [0.29, 0.717) is 5.56 Å². The minimum absolute atomic E-state index is 0.107. The van der Waals surface area contributed by atoms with E-state index in [1.165, 1.54) is 12.1 Å². The fourth-order valence-electron chi connectivity index (χ4n) is 3.41. The highest BCUT2D eigenvalue weighted by Crippen LogP contribution is 2.23. The Balaban J connectivity index is 1.55. The van der Waals surface area contributed by atoms with Crippen LogP contribution in [-0.2, 0) is 9.84 Å². The first kappa shape index (κ1) is 21.2. The molecule has 0 unspecified atom stereocenters. The molecule has 1 N–H and O–H groups in total. The number of carbonyl (C=O) groups excluding carboxylic acids is 1. The summed E-state index contributed by atoms with van der Waals surface area (Å²) in [4.78, 5) is 15.1. The Morgan fingerprint density at radius 1 is 1.03 bits per heavy atom. The zero-order chi connectivity index (χ0) is 21.0. The lowest BCUT2D eigenvalue weighted by atomic mass is 10.0. The number of hydrogen-bond acceptors (Lipinski definition) is 5. The van der Waals surface area contributed by atoms with Crippen molar-refractivity contribution >= 4 is 21.4 Å². The zero-order valence-corrected chi connectivity index (χ0v) is 17.9. The van der Waals surface area contributed by atoms with Crippen molar-refractivity contribution in [2.24, 2.45) is 0 Å². The lowest BCUT2D eigenvalue weighted by Gasteiger charge is -2.34. The highest BCUT2D eigenvalue weighted by atomic mass is 32.2. The van der Waals surface area contributed by atoms with Crippen LogP contribution in [0, 0.1) is 0 Å². The Morgan fingerprint density at radius 2 is 1.62 bits per heavy atom. The van der Waals surface area contributed by atoms with Crippen LogP contribution in [0.2, 0.25) is 0 Å². The van der Waals surface area contributed by atoms with E-state index in [0.717, 1.165) is 37.4 Å². The lowest BCUT2D eigenvalue weighted by Crippen LogP contribution is -2.44. The van der Waals surface area contributed by atoms with Crippen molar-refractivity contribution in [3.05, 3.63) is 54.1 Å². The molecule has 1 amide bonds. The molecule has 0 radical (unpaired) electrons. The van der Waals surface area contributed by atoms with Crippen molar-refractivity contribution in [1.82, 2.24) is 5.32 Å². The number of ether oxygens (including phenoxy) is 1. The number of hydrogen-bond donors (Lipinski definition) is 1. The molecular weight excluding hydrogens is 388 g/mol. The molecule has 3 rings (SSSR count). The summed E-state index contributed by atoms with van der Waals surface area (Å²) < 4.78 is 29.6. The predicted molar refractivity (Wildman–Crippen MR) is 114 cm³/mol. The normalized spacial score (nSPS) is 15.4. The molecule has 1 fully saturated rings. The summed E-state index contributed by atoms with van der Waals surface area (Å²) in [5.74, 6) is 0.671. The van der Waals surface area contributed by atoms with Crippen molar-refractivity contribution in [3.8, 4) is 5.75 Å². The second-order valence-corrected chi connectivity index (χ2v) is 10.1. The summed E-state index contributed by atoms with van der Waals surface area (Å²) in [5, 5.41) is 2.58. The van der Waals surface area contributed by atoms with Crippen LogP contribution >= 0.6 is 0 Å². The highest BCUT2D eigenvalue weighted by Gasteiger charge is 2.23. The summed E-state index contributed by atoms with van der Waals surface area (Å²) in [7, 11) is -1.68. The van der Waals surface area contributed by atoms with Crippen LogP contribution in [0.15, 0.2) is 53.4 Å². The quantitative estimate of drug-likeness (QED) is 0.782. The van der Waals surface area contributed by atoms with E-state index in [9.17, 15) is 13.2 Å². The van der Waals surface area contributed by atoms with E-state index in [-0.39, 0.29) is 16.8 Å². The third kappa shape index (κ3) is 4.90. The van der Waals surface area contributed by atoms with Crippen LogP contribution < -0.4 is 15.0 Å². The number of amides is 1. The average molecular weight is 417 g/mol. The molecule has 2 aromatic carbocycles. The number of benzene rings is 2. The third-order valence-electron chi connectivity index (χ3n) is 5.33. The fraction of sp³-hybridized carbons (Fsp3) is 0.409. The smallest absolute Gasteiger partial charge is 0.251 e. The number of anilines is 1. The molecule has 7 heteroatoms. The van der Waals surface area contributed by atoms with Crippen molar-refractivity contribution in [3.63, 3.8) is 0 Å². The largest absolute Gasteiger partial charge is 0.497 e. The molecule has 0 saturated carbocycles. The van der Waals surface area contributed by atoms with Crippen molar-refractivity contribution in [2.45, 2.75) is 42.9 Å². The minimum atomic E-state index is -3.33. The van der Waals surface area contributed by atoms with Gasteiger partial charge in [-0.1, -0.05) is 0 Å². The molecule has 1 aliphatic rings. The van der Waals surface area contributed by atoms with Gasteiger partial charge in [-0.25, -0.2) is 8.42 Å². The Morgan fingerprint density at radius 3 is 2.14 bits per heavy atom. The highest BCUT2D eigenvalue weighted by molar-refractivity contribution is 7.92. The van der Waals surface area contributed by atoms with Gasteiger partial charge in [0.15, 0.2) is 9.84 Å². The van der Waals surface area contributed by atoms with Gasteiger partial charge in [0.1, 0.15) is 5.75 Å². The minimum Gasteiger partial charge on any atom is -0.497 e. The first-order valence-corrected chi connectivity index (χ1v) is 11.4. The van der Waals surface area contributed by atoms with Crippen LogP contribution in [0.3, 0.4) is 0 Å². The van der Waals surface area contributed by atoms with Crippen LogP contribution in [0.5, 0.6) is 5.75 Å².